The van der Waals surface area contributed by atoms with E-state index >= 15 is 0 Å². The van der Waals surface area contributed by atoms with Crippen LogP contribution >= 0.6 is 0 Å². The number of nitrogens with one attached hydrogen (secondary N) is 2. The summed E-state index contributed by atoms with van der Waals surface area (Å²) in [5.74, 6) is 0.474. The molecule has 1 fully saturated rings. The standard InChI is InChI=1S/C14H21N3O3S/c1-10-8-16-9-13(10)14(18)17-7-6-11-2-4-12(5-3-11)21(15,19)20/h2-5,10,13,16H,6-9H2,1H3,(H,17,18)(H2,15,19,20)/t10-,13-/m1/s1. The van der Waals surface area contributed by atoms with Crippen LogP contribution < -0.4 is 15.8 Å². The molecule has 21 heavy (non-hydrogen) atoms. The molecule has 4 N–H and O–H groups in total. The van der Waals surface area contributed by atoms with Crippen LogP contribution in [0.1, 0.15) is 12.5 Å². The van der Waals surface area contributed by atoms with Gasteiger partial charge in [-0.15, -0.1) is 0 Å². The summed E-state index contributed by atoms with van der Waals surface area (Å²) in [5.41, 5.74) is 0.959. The zero-order chi connectivity index (χ0) is 15.5. The SMILES string of the molecule is C[C@@H]1CNC[C@H]1C(=O)NCCc1ccc(S(N)(=O)=O)cc1. The van der Waals surface area contributed by atoms with Gasteiger partial charge in [-0.2, -0.15) is 0 Å². The Morgan fingerprint density at radius 3 is 2.52 bits per heavy atom. The van der Waals surface area contributed by atoms with Gasteiger partial charge < -0.3 is 10.6 Å². The molecule has 7 heteroatoms. The van der Waals surface area contributed by atoms with Crippen LogP contribution in [0.25, 0.3) is 0 Å². The number of carbonyl (C=O) groups excluding carboxylic acids is 1. The first kappa shape index (κ1) is 15.9. The quantitative estimate of drug-likeness (QED) is 0.704. The molecule has 0 radical (unpaired) electrons. The van der Waals surface area contributed by atoms with Crippen molar-refractivity contribution in [1.82, 2.24) is 10.6 Å². The highest BCUT2D eigenvalue weighted by Crippen LogP contribution is 2.15. The van der Waals surface area contributed by atoms with Crippen LogP contribution in [-0.2, 0) is 21.2 Å². The third kappa shape index (κ3) is 4.26. The third-order valence-electron chi connectivity index (χ3n) is 3.82. The number of rotatable bonds is 5. The fourth-order valence-corrected chi connectivity index (χ4v) is 2.98. The lowest BCUT2D eigenvalue weighted by Crippen LogP contribution is -2.35. The van der Waals surface area contributed by atoms with Crippen LogP contribution in [0.4, 0.5) is 0 Å². The molecule has 0 bridgehead atoms. The van der Waals surface area contributed by atoms with Crippen LogP contribution in [0.15, 0.2) is 29.2 Å². The van der Waals surface area contributed by atoms with Crippen molar-refractivity contribution in [2.75, 3.05) is 19.6 Å². The van der Waals surface area contributed by atoms with Gasteiger partial charge in [0, 0.05) is 13.1 Å². The Labute approximate surface area is 125 Å². The number of sulfonamides is 1. The average Bonchev–Trinajstić information content (AvgIpc) is 2.84. The van der Waals surface area contributed by atoms with Crippen LogP contribution in [0.3, 0.4) is 0 Å². The average molecular weight is 311 g/mol. The van der Waals surface area contributed by atoms with Crippen LogP contribution in [0.5, 0.6) is 0 Å². The van der Waals surface area contributed by atoms with Gasteiger partial charge in [0.15, 0.2) is 0 Å². The maximum absolute atomic E-state index is 12.0. The van der Waals surface area contributed by atoms with Gasteiger partial charge in [-0.3, -0.25) is 4.79 Å². The summed E-state index contributed by atoms with van der Waals surface area (Å²) >= 11 is 0. The fourth-order valence-electron chi connectivity index (χ4n) is 2.47. The Hall–Kier alpha value is -1.44. The van der Waals surface area contributed by atoms with E-state index in [1.807, 2.05) is 0 Å². The summed E-state index contributed by atoms with van der Waals surface area (Å²) in [6, 6.07) is 6.39. The first-order chi connectivity index (χ1) is 9.88. The number of hydrogen-bond acceptors (Lipinski definition) is 4. The van der Waals surface area contributed by atoms with Crippen LogP contribution in [-0.4, -0.2) is 34.0 Å². The van der Waals surface area contributed by atoms with E-state index in [2.05, 4.69) is 17.6 Å². The molecule has 0 spiro atoms. The van der Waals surface area contributed by atoms with E-state index in [1.165, 1.54) is 12.1 Å². The summed E-state index contributed by atoms with van der Waals surface area (Å²) < 4.78 is 22.3. The molecule has 0 saturated carbocycles. The van der Waals surface area contributed by atoms with Gasteiger partial charge in [0.05, 0.1) is 10.8 Å². The Balaban J connectivity index is 1.82. The molecule has 0 aliphatic carbocycles. The third-order valence-corrected chi connectivity index (χ3v) is 4.75. The first-order valence-corrected chi connectivity index (χ1v) is 8.53. The van der Waals surface area contributed by atoms with Crippen molar-refractivity contribution in [3.63, 3.8) is 0 Å². The van der Waals surface area contributed by atoms with E-state index in [0.717, 1.165) is 18.7 Å². The van der Waals surface area contributed by atoms with Crippen molar-refractivity contribution in [3.05, 3.63) is 29.8 Å². The molecule has 6 nitrogen and oxygen atoms in total. The lowest BCUT2D eigenvalue weighted by Gasteiger charge is -2.14. The minimum absolute atomic E-state index is 0.0368. The summed E-state index contributed by atoms with van der Waals surface area (Å²) in [5, 5.41) is 11.2. The minimum atomic E-state index is -3.65. The zero-order valence-electron chi connectivity index (χ0n) is 12.0. The number of benzene rings is 1. The molecule has 1 aliphatic rings. The van der Waals surface area contributed by atoms with Gasteiger partial charge in [-0.05, 0) is 36.6 Å². The molecule has 116 valence electrons. The first-order valence-electron chi connectivity index (χ1n) is 6.98. The lowest BCUT2D eigenvalue weighted by atomic mass is 9.97. The highest BCUT2D eigenvalue weighted by atomic mass is 32.2. The highest BCUT2D eigenvalue weighted by Gasteiger charge is 2.28. The van der Waals surface area contributed by atoms with Crippen molar-refractivity contribution < 1.29 is 13.2 Å². The summed E-state index contributed by atoms with van der Waals surface area (Å²) in [4.78, 5) is 12.1. The molecular weight excluding hydrogens is 290 g/mol. The fraction of sp³-hybridized carbons (Fsp3) is 0.500. The van der Waals surface area contributed by atoms with Crippen LogP contribution in [0.2, 0.25) is 0 Å². The van der Waals surface area contributed by atoms with Gasteiger partial charge in [-0.1, -0.05) is 19.1 Å². The van der Waals surface area contributed by atoms with Crippen molar-refractivity contribution in [2.45, 2.75) is 18.2 Å². The summed E-state index contributed by atoms with van der Waals surface area (Å²) in [7, 11) is -3.65. The molecule has 1 saturated heterocycles. The van der Waals surface area contributed by atoms with E-state index in [0.29, 0.717) is 18.9 Å². The topological polar surface area (TPSA) is 101 Å². The monoisotopic (exact) mass is 311 g/mol. The predicted molar refractivity (Wildman–Crippen MR) is 80.1 cm³/mol. The Morgan fingerprint density at radius 1 is 1.33 bits per heavy atom. The highest BCUT2D eigenvalue weighted by molar-refractivity contribution is 7.89. The lowest BCUT2D eigenvalue weighted by molar-refractivity contribution is -0.125. The second kappa shape index (κ2) is 6.55. The van der Waals surface area contributed by atoms with Crippen molar-refractivity contribution in [2.24, 2.45) is 17.0 Å². The van der Waals surface area contributed by atoms with Crippen molar-refractivity contribution in [3.8, 4) is 0 Å². The maximum atomic E-state index is 12.0. The largest absolute Gasteiger partial charge is 0.355 e. The molecule has 1 aromatic rings. The second-order valence-corrected chi connectivity index (χ2v) is 7.03. The van der Waals surface area contributed by atoms with E-state index < -0.39 is 10.0 Å². The summed E-state index contributed by atoms with van der Waals surface area (Å²) in [6.07, 6.45) is 0.658. The van der Waals surface area contributed by atoms with Crippen LogP contribution in [0, 0.1) is 11.8 Å². The molecule has 0 aromatic heterocycles. The van der Waals surface area contributed by atoms with Gasteiger partial charge in [0.2, 0.25) is 15.9 Å². The molecule has 2 rings (SSSR count). The molecule has 1 heterocycles. The van der Waals surface area contributed by atoms with Crippen molar-refractivity contribution in [1.29, 1.82) is 0 Å². The maximum Gasteiger partial charge on any atom is 0.238 e. The van der Waals surface area contributed by atoms with E-state index in [1.54, 1.807) is 12.1 Å². The molecule has 0 unspecified atom stereocenters. The van der Waals surface area contributed by atoms with E-state index in [-0.39, 0.29) is 16.7 Å². The van der Waals surface area contributed by atoms with Gasteiger partial charge in [0.25, 0.3) is 0 Å². The second-order valence-electron chi connectivity index (χ2n) is 5.47. The van der Waals surface area contributed by atoms with E-state index in [9.17, 15) is 13.2 Å². The number of nitrogens with two attached hydrogens (primary N) is 1. The Bertz CT molecular complexity index is 598. The van der Waals surface area contributed by atoms with Gasteiger partial charge >= 0.3 is 0 Å². The summed E-state index contributed by atoms with van der Waals surface area (Å²) in [6.45, 7) is 4.22. The predicted octanol–water partition coefficient (Wildman–Crippen LogP) is -0.152. The molecule has 1 aliphatic heterocycles. The molecule has 2 atom stereocenters. The van der Waals surface area contributed by atoms with Gasteiger partial charge in [0.1, 0.15) is 0 Å². The van der Waals surface area contributed by atoms with Gasteiger partial charge in [-0.25, -0.2) is 13.6 Å². The Morgan fingerprint density at radius 2 is 2.00 bits per heavy atom. The molecular formula is C14H21N3O3S. The normalized spacial score (nSPS) is 22.2. The smallest absolute Gasteiger partial charge is 0.238 e. The minimum Gasteiger partial charge on any atom is -0.355 e. The number of carbonyl (C=O) groups is 1. The zero-order valence-corrected chi connectivity index (χ0v) is 12.8. The molecule has 1 aromatic carbocycles. The van der Waals surface area contributed by atoms with Crippen molar-refractivity contribution >= 4 is 15.9 Å². The number of hydrogen-bond donors (Lipinski definition) is 3. The van der Waals surface area contributed by atoms with E-state index in [4.69, 9.17) is 5.14 Å². The molecule has 1 amide bonds. The number of primary sulfonamides is 1. The number of amides is 1. The Kier molecular flexibility index (Phi) is 4.97.